The fourth-order valence-electron chi connectivity index (χ4n) is 2.51. The molecule has 0 saturated carbocycles. The summed E-state index contributed by atoms with van der Waals surface area (Å²) in [6, 6.07) is 20.9. The topological polar surface area (TPSA) is 0 Å². The van der Waals surface area contributed by atoms with Gasteiger partial charge < -0.3 is 0 Å². The zero-order chi connectivity index (χ0) is 15.0. The average molecular weight is 380 g/mol. The summed E-state index contributed by atoms with van der Waals surface area (Å²) in [6.45, 7) is 0. The predicted molar refractivity (Wildman–Crippen MR) is 101 cm³/mol. The Balaban J connectivity index is 2.27. The van der Waals surface area contributed by atoms with Crippen LogP contribution in [0.2, 0.25) is 0 Å². The summed E-state index contributed by atoms with van der Waals surface area (Å²) in [6.07, 6.45) is 4.47. The molecule has 2 aromatic carbocycles. The summed E-state index contributed by atoms with van der Waals surface area (Å²) < 4.78 is 2.20. The summed E-state index contributed by atoms with van der Waals surface area (Å²) in [5.74, 6) is 0. The van der Waals surface area contributed by atoms with E-state index in [1.54, 1.807) is 0 Å². The number of allylic oxidation sites excluding steroid dienone is 2. The van der Waals surface area contributed by atoms with Crippen LogP contribution in [0.1, 0.15) is 11.1 Å². The van der Waals surface area contributed by atoms with Crippen molar-refractivity contribution in [2.24, 2.45) is 0 Å². The fraction of sp³-hybridized carbons (Fsp3) is 0.111. The summed E-state index contributed by atoms with van der Waals surface area (Å²) in [7, 11) is -1.16. The Morgan fingerprint density at radius 2 is 1.19 bits per heavy atom. The predicted octanol–water partition coefficient (Wildman–Crippen LogP) is 6.44. The van der Waals surface area contributed by atoms with Crippen molar-refractivity contribution in [2.75, 3.05) is 12.5 Å². The molecule has 1 heterocycles. The van der Waals surface area contributed by atoms with Crippen molar-refractivity contribution in [3.05, 3.63) is 80.0 Å². The number of halogens is 2. The van der Waals surface area contributed by atoms with Gasteiger partial charge in [-0.3, -0.25) is 0 Å². The molecule has 0 N–H and O–H groups in total. The van der Waals surface area contributed by atoms with Crippen LogP contribution in [0.4, 0.5) is 0 Å². The van der Waals surface area contributed by atoms with Crippen LogP contribution in [0.25, 0.3) is 11.1 Å². The molecule has 0 fully saturated rings. The molecule has 0 atom stereocenters. The zero-order valence-corrected chi connectivity index (χ0v) is 15.1. The van der Waals surface area contributed by atoms with Crippen LogP contribution in [0.15, 0.2) is 68.8 Å². The first kappa shape index (κ1) is 15.0. The number of hydrogen-bond acceptors (Lipinski definition) is 0. The van der Waals surface area contributed by atoms with Gasteiger partial charge in [0.1, 0.15) is 0 Å². The first-order valence-corrected chi connectivity index (χ1v) is 10.3. The maximum Gasteiger partial charge on any atom is 0.0690 e. The Kier molecular flexibility index (Phi) is 4.04. The smallest absolute Gasteiger partial charge is 0.0690 e. The van der Waals surface area contributed by atoms with Crippen LogP contribution in [-0.2, 0) is 0 Å². The highest BCUT2D eigenvalue weighted by Gasteiger charge is 2.35. The molecule has 21 heavy (non-hydrogen) atoms. The third-order valence-corrected chi connectivity index (χ3v) is 10.0. The Labute approximate surface area is 141 Å². The van der Waals surface area contributed by atoms with Crippen LogP contribution in [-0.4, -0.2) is 12.5 Å². The average Bonchev–Trinajstić information content (AvgIpc) is 2.69. The van der Waals surface area contributed by atoms with E-state index >= 15 is 0 Å². The normalized spacial score (nSPS) is 19.0. The second-order valence-corrected chi connectivity index (χ2v) is 10.7. The largest absolute Gasteiger partial charge is 0.176 e. The van der Waals surface area contributed by atoms with Crippen molar-refractivity contribution >= 4 is 48.7 Å². The zero-order valence-electron chi connectivity index (χ0n) is 11.9. The molecule has 0 radical (unpaired) electrons. The lowest BCUT2D eigenvalue weighted by Crippen LogP contribution is -1.90. The minimum Gasteiger partial charge on any atom is -0.176 e. The van der Waals surface area contributed by atoms with E-state index in [0.717, 1.165) is 9.94 Å². The van der Waals surface area contributed by atoms with Crippen LogP contribution in [0.5, 0.6) is 0 Å². The molecule has 1 aliphatic heterocycles. The van der Waals surface area contributed by atoms with Crippen molar-refractivity contribution in [3.8, 4) is 0 Å². The van der Waals surface area contributed by atoms with Crippen molar-refractivity contribution < 1.29 is 0 Å². The summed E-state index contributed by atoms with van der Waals surface area (Å²) >= 11 is 10.6. The minimum absolute atomic E-state index is 0.972. The van der Waals surface area contributed by atoms with Crippen LogP contribution in [0.3, 0.4) is 0 Å². The van der Waals surface area contributed by atoms with Gasteiger partial charge in [0.05, 0.1) is 4.36 Å². The lowest BCUT2D eigenvalue weighted by atomic mass is 9.95. The van der Waals surface area contributed by atoms with Gasteiger partial charge in [-0.05, 0) is 39.6 Å². The molecule has 0 aliphatic carbocycles. The van der Waals surface area contributed by atoms with Gasteiger partial charge in [-0.1, -0.05) is 72.3 Å². The molecule has 1 aliphatic rings. The first-order valence-electron chi connectivity index (χ1n) is 6.67. The summed E-state index contributed by atoms with van der Waals surface area (Å²) in [4.78, 5) is 0. The molecule has 0 spiro atoms. The first-order chi connectivity index (χ1) is 10.0. The molecule has 0 amide bonds. The second kappa shape index (κ2) is 5.68. The standard InChI is InChI=1S/C18H16BrClS/c1-21(2)17(19)15(13-9-5-3-6-10-13)16(18(21)20)14-11-7-4-8-12-14/h3-12H,1-2H3. The van der Waals surface area contributed by atoms with Gasteiger partial charge in [-0.25, -0.2) is 0 Å². The molecule has 3 heteroatoms. The van der Waals surface area contributed by atoms with E-state index in [1.165, 1.54) is 20.5 Å². The number of hydrogen-bond donors (Lipinski definition) is 0. The van der Waals surface area contributed by atoms with Gasteiger partial charge in [0, 0.05) is 15.0 Å². The van der Waals surface area contributed by atoms with Gasteiger partial charge >= 0.3 is 0 Å². The maximum absolute atomic E-state index is 6.79. The highest BCUT2D eigenvalue weighted by molar-refractivity contribution is 9.15. The quantitative estimate of drug-likeness (QED) is 0.563. The lowest BCUT2D eigenvalue weighted by molar-refractivity contribution is 1.59. The molecule has 0 aromatic heterocycles. The number of rotatable bonds is 2. The molecule has 0 unspecified atom stereocenters. The van der Waals surface area contributed by atoms with Crippen LogP contribution >= 0.6 is 37.6 Å². The highest BCUT2D eigenvalue weighted by Crippen LogP contribution is 2.70. The number of benzene rings is 2. The van der Waals surface area contributed by atoms with E-state index in [9.17, 15) is 0 Å². The minimum atomic E-state index is -1.16. The van der Waals surface area contributed by atoms with Crippen molar-refractivity contribution in [1.29, 1.82) is 0 Å². The van der Waals surface area contributed by atoms with Gasteiger partial charge in [-0.15, -0.1) is 0 Å². The van der Waals surface area contributed by atoms with Gasteiger partial charge in [-0.2, -0.15) is 10.0 Å². The molecule has 0 saturated heterocycles. The monoisotopic (exact) mass is 378 g/mol. The molecule has 0 bridgehead atoms. The van der Waals surface area contributed by atoms with E-state index in [1.807, 2.05) is 12.1 Å². The SMILES string of the molecule is CS1(C)C(Cl)=C(c2ccccc2)C(c2ccccc2)=C1Br. The molecule has 3 rings (SSSR count). The van der Waals surface area contributed by atoms with Gasteiger partial charge in [0.2, 0.25) is 0 Å². The highest BCUT2D eigenvalue weighted by atomic mass is 79.9. The molecular formula is C18H16BrClS. The molecule has 2 aromatic rings. The van der Waals surface area contributed by atoms with Gasteiger partial charge in [0.15, 0.2) is 0 Å². The third kappa shape index (κ3) is 2.50. The van der Waals surface area contributed by atoms with E-state index in [0.29, 0.717) is 0 Å². The van der Waals surface area contributed by atoms with E-state index in [-0.39, 0.29) is 0 Å². The van der Waals surface area contributed by atoms with Crippen LogP contribution in [0, 0.1) is 0 Å². The van der Waals surface area contributed by atoms with Gasteiger partial charge in [0.25, 0.3) is 0 Å². The molecule has 108 valence electrons. The fourth-order valence-corrected chi connectivity index (χ4v) is 5.76. The lowest BCUT2D eigenvalue weighted by Gasteiger charge is -2.26. The van der Waals surface area contributed by atoms with Crippen molar-refractivity contribution in [1.82, 2.24) is 0 Å². The molecule has 0 nitrogen and oxygen atoms in total. The Morgan fingerprint density at radius 1 is 0.762 bits per heavy atom. The second-order valence-electron chi connectivity index (χ2n) is 5.36. The third-order valence-electron chi connectivity index (χ3n) is 3.66. The summed E-state index contributed by atoms with van der Waals surface area (Å²) in [5, 5.41) is 0. The van der Waals surface area contributed by atoms with Crippen molar-refractivity contribution in [2.45, 2.75) is 0 Å². The Morgan fingerprint density at radius 3 is 1.67 bits per heavy atom. The maximum atomic E-state index is 6.79. The van der Waals surface area contributed by atoms with Crippen LogP contribution < -0.4 is 0 Å². The van der Waals surface area contributed by atoms with E-state index in [4.69, 9.17) is 11.6 Å². The van der Waals surface area contributed by atoms with E-state index < -0.39 is 10.0 Å². The van der Waals surface area contributed by atoms with Crippen molar-refractivity contribution in [3.63, 3.8) is 0 Å². The Hall–Kier alpha value is -0.960. The van der Waals surface area contributed by atoms with E-state index in [2.05, 4.69) is 77.0 Å². The molecular weight excluding hydrogens is 364 g/mol. The Bertz CT molecular complexity index is 667. The summed E-state index contributed by atoms with van der Waals surface area (Å²) in [5.41, 5.74) is 4.78.